The van der Waals surface area contributed by atoms with Crippen molar-refractivity contribution in [3.63, 3.8) is 0 Å². The topological polar surface area (TPSA) is 3.24 Å². The van der Waals surface area contributed by atoms with E-state index in [9.17, 15) is 0 Å². The Hall–Kier alpha value is -0.730. The van der Waals surface area contributed by atoms with Crippen molar-refractivity contribution in [1.82, 2.24) is 4.90 Å². The van der Waals surface area contributed by atoms with Crippen LogP contribution in [0.15, 0.2) is 34.7 Å². The molecule has 0 spiro atoms. The van der Waals surface area contributed by atoms with Crippen LogP contribution in [0.2, 0.25) is 0 Å². The molecule has 0 radical (unpaired) electrons. The summed E-state index contributed by atoms with van der Waals surface area (Å²) in [6.07, 6.45) is 3.68. The quantitative estimate of drug-likeness (QED) is 0.792. The van der Waals surface area contributed by atoms with Crippen LogP contribution in [-0.2, 0) is 0 Å². The molecule has 1 fully saturated rings. The SMILES string of the molecule is CC(C)CN1CCC2=Cc3ccccc3SC2C1. The Balaban J connectivity index is 1.77. The van der Waals surface area contributed by atoms with Crippen LogP contribution in [0.1, 0.15) is 25.8 Å². The zero-order valence-corrected chi connectivity index (χ0v) is 12.0. The highest BCUT2D eigenvalue weighted by Crippen LogP contribution is 2.40. The number of piperidine rings is 1. The molecule has 1 aromatic carbocycles. The molecule has 1 nitrogen and oxygen atoms in total. The van der Waals surface area contributed by atoms with Gasteiger partial charge in [0.1, 0.15) is 0 Å². The Morgan fingerprint density at radius 2 is 2.17 bits per heavy atom. The number of fused-ring (bicyclic) bond motifs is 2. The van der Waals surface area contributed by atoms with Crippen molar-refractivity contribution in [2.75, 3.05) is 19.6 Å². The molecule has 2 heteroatoms. The summed E-state index contributed by atoms with van der Waals surface area (Å²) in [5.41, 5.74) is 3.07. The molecular formula is C16H21NS. The summed E-state index contributed by atoms with van der Waals surface area (Å²) in [4.78, 5) is 4.09. The van der Waals surface area contributed by atoms with Gasteiger partial charge in [-0.15, -0.1) is 11.8 Å². The lowest BCUT2D eigenvalue weighted by Crippen LogP contribution is -2.40. The van der Waals surface area contributed by atoms with E-state index in [4.69, 9.17) is 0 Å². The second kappa shape index (κ2) is 5.10. The number of likely N-dealkylation sites (tertiary alicyclic amines) is 1. The van der Waals surface area contributed by atoms with Gasteiger partial charge in [-0.2, -0.15) is 0 Å². The third-order valence-corrected chi connectivity index (χ3v) is 5.07. The lowest BCUT2D eigenvalue weighted by Gasteiger charge is -2.37. The number of thioether (sulfide) groups is 1. The van der Waals surface area contributed by atoms with Gasteiger partial charge in [-0.1, -0.05) is 43.7 Å². The van der Waals surface area contributed by atoms with E-state index in [1.54, 1.807) is 5.57 Å². The number of nitrogens with zero attached hydrogens (tertiary/aromatic N) is 1. The maximum atomic E-state index is 2.63. The molecule has 2 aliphatic heterocycles. The Morgan fingerprint density at radius 1 is 1.33 bits per heavy atom. The summed E-state index contributed by atoms with van der Waals surface area (Å²) in [6, 6.07) is 8.80. The van der Waals surface area contributed by atoms with E-state index in [-0.39, 0.29) is 0 Å². The highest BCUT2D eigenvalue weighted by molar-refractivity contribution is 8.00. The maximum Gasteiger partial charge on any atom is 0.0435 e. The third kappa shape index (κ3) is 2.50. The maximum absolute atomic E-state index is 2.63. The first kappa shape index (κ1) is 12.3. The molecule has 1 atom stereocenters. The molecule has 18 heavy (non-hydrogen) atoms. The number of benzene rings is 1. The first-order valence-corrected chi connectivity index (χ1v) is 7.79. The average Bonchev–Trinajstić information content (AvgIpc) is 2.35. The van der Waals surface area contributed by atoms with Gasteiger partial charge >= 0.3 is 0 Å². The van der Waals surface area contributed by atoms with E-state index < -0.39 is 0 Å². The largest absolute Gasteiger partial charge is 0.301 e. The number of rotatable bonds is 2. The van der Waals surface area contributed by atoms with Crippen LogP contribution in [0.4, 0.5) is 0 Å². The van der Waals surface area contributed by atoms with Crippen LogP contribution in [0.3, 0.4) is 0 Å². The predicted octanol–water partition coefficient (Wildman–Crippen LogP) is 3.91. The molecule has 0 bridgehead atoms. The summed E-state index contributed by atoms with van der Waals surface area (Å²) in [7, 11) is 0. The molecule has 1 aromatic rings. The van der Waals surface area contributed by atoms with Gasteiger partial charge in [0.25, 0.3) is 0 Å². The van der Waals surface area contributed by atoms with Gasteiger partial charge in [0, 0.05) is 29.8 Å². The van der Waals surface area contributed by atoms with E-state index in [2.05, 4.69) is 60.9 Å². The lowest BCUT2D eigenvalue weighted by molar-refractivity contribution is 0.233. The van der Waals surface area contributed by atoms with Crippen LogP contribution in [0.5, 0.6) is 0 Å². The zero-order valence-electron chi connectivity index (χ0n) is 11.2. The normalized spacial score (nSPS) is 23.5. The smallest absolute Gasteiger partial charge is 0.0435 e. The fourth-order valence-corrected chi connectivity index (χ4v) is 4.26. The summed E-state index contributed by atoms with van der Waals surface area (Å²) in [5, 5.41) is 0.687. The number of hydrogen-bond donors (Lipinski definition) is 0. The van der Waals surface area contributed by atoms with Crippen molar-refractivity contribution in [2.45, 2.75) is 30.4 Å². The van der Waals surface area contributed by atoms with Gasteiger partial charge in [0.2, 0.25) is 0 Å². The minimum Gasteiger partial charge on any atom is -0.301 e. The molecule has 0 aromatic heterocycles. The molecular weight excluding hydrogens is 238 g/mol. The summed E-state index contributed by atoms with van der Waals surface area (Å²) >= 11 is 2.06. The van der Waals surface area contributed by atoms with Crippen LogP contribution in [0, 0.1) is 5.92 Å². The van der Waals surface area contributed by atoms with Gasteiger partial charge in [-0.3, -0.25) is 0 Å². The van der Waals surface area contributed by atoms with Gasteiger partial charge in [-0.05, 0) is 24.0 Å². The minimum atomic E-state index is 0.687. The molecule has 0 N–H and O–H groups in total. The summed E-state index contributed by atoms with van der Waals surface area (Å²) in [5.74, 6) is 0.774. The van der Waals surface area contributed by atoms with Crippen LogP contribution >= 0.6 is 11.8 Å². The molecule has 0 aliphatic carbocycles. The molecule has 96 valence electrons. The fourth-order valence-electron chi connectivity index (χ4n) is 2.91. The zero-order chi connectivity index (χ0) is 12.5. The third-order valence-electron chi connectivity index (χ3n) is 3.71. The Morgan fingerprint density at radius 3 is 3.00 bits per heavy atom. The van der Waals surface area contributed by atoms with E-state index in [1.807, 2.05) is 0 Å². The van der Waals surface area contributed by atoms with Crippen molar-refractivity contribution >= 4 is 17.8 Å². The number of hydrogen-bond acceptors (Lipinski definition) is 2. The van der Waals surface area contributed by atoms with E-state index in [0.29, 0.717) is 5.25 Å². The van der Waals surface area contributed by atoms with Gasteiger partial charge < -0.3 is 4.90 Å². The van der Waals surface area contributed by atoms with Crippen molar-refractivity contribution in [2.24, 2.45) is 5.92 Å². The van der Waals surface area contributed by atoms with Gasteiger partial charge in [0.15, 0.2) is 0 Å². The van der Waals surface area contributed by atoms with E-state index >= 15 is 0 Å². The first-order chi connectivity index (χ1) is 8.72. The first-order valence-electron chi connectivity index (χ1n) is 6.91. The van der Waals surface area contributed by atoms with Crippen molar-refractivity contribution in [3.8, 4) is 0 Å². The van der Waals surface area contributed by atoms with Crippen LogP contribution in [0.25, 0.3) is 6.08 Å². The predicted molar refractivity (Wildman–Crippen MR) is 80.0 cm³/mol. The molecule has 0 amide bonds. The highest BCUT2D eigenvalue weighted by atomic mass is 32.2. The molecule has 2 aliphatic rings. The van der Waals surface area contributed by atoms with E-state index in [0.717, 1.165) is 5.92 Å². The second-order valence-corrected chi connectivity index (χ2v) is 7.01. The summed E-state index contributed by atoms with van der Waals surface area (Å²) in [6.45, 7) is 8.33. The summed E-state index contributed by atoms with van der Waals surface area (Å²) < 4.78 is 0. The molecule has 2 heterocycles. The second-order valence-electron chi connectivity index (χ2n) is 5.77. The highest BCUT2D eigenvalue weighted by Gasteiger charge is 2.28. The van der Waals surface area contributed by atoms with Crippen molar-refractivity contribution in [1.29, 1.82) is 0 Å². The Kier molecular flexibility index (Phi) is 3.49. The van der Waals surface area contributed by atoms with E-state index in [1.165, 1.54) is 36.5 Å². The van der Waals surface area contributed by atoms with Crippen molar-refractivity contribution in [3.05, 3.63) is 35.4 Å². The molecule has 1 unspecified atom stereocenters. The fraction of sp³-hybridized carbons (Fsp3) is 0.500. The Labute approximate surface area is 114 Å². The van der Waals surface area contributed by atoms with Crippen molar-refractivity contribution < 1.29 is 0 Å². The average molecular weight is 259 g/mol. The standard InChI is InChI=1S/C16H21NS/c1-12(2)10-17-8-7-14-9-13-5-3-4-6-15(13)18-16(14)11-17/h3-6,9,12,16H,7-8,10-11H2,1-2H3. The van der Waals surface area contributed by atoms with Gasteiger partial charge in [-0.25, -0.2) is 0 Å². The minimum absolute atomic E-state index is 0.687. The van der Waals surface area contributed by atoms with Gasteiger partial charge in [0.05, 0.1) is 0 Å². The lowest BCUT2D eigenvalue weighted by atomic mass is 9.99. The van der Waals surface area contributed by atoms with Crippen LogP contribution in [-0.4, -0.2) is 29.8 Å². The Bertz CT molecular complexity index is 464. The molecule has 0 saturated carbocycles. The monoisotopic (exact) mass is 259 g/mol. The molecule has 3 rings (SSSR count). The molecule has 1 saturated heterocycles. The van der Waals surface area contributed by atoms with Crippen LogP contribution < -0.4 is 0 Å².